The van der Waals surface area contributed by atoms with Gasteiger partial charge in [-0.2, -0.15) is 5.10 Å². The number of nitrogens with two attached hydrogens (primary N) is 2. The van der Waals surface area contributed by atoms with Crippen molar-refractivity contribution in [1.29, 1.82) is 0 Å². The third-order valence-electron chi connectivity index (χ3n) is 4.09. The Morgan fingerprint density at radius 3 is 2.54 bits per heavy atom. The normalized spacial score (nSPS) is 10.5. The second-order valence-electron chi connectivity index (χ2n) is 6.09. The van der Waals surface area contributed by atoms with Crippen LogP contribution in [0.3, 0.4) is 0 Å². The van der Waals surface area contributed by atoms with Crippen LogP contribution >= 0.6 is 0 Å². The molecule has 0 aliphatic rings. The lowest BCUT2D eigenvalue weighted by Gasteiger charge is -2.13. The summed E-state index contributed by atoms with van der Waals surface area (Å²) in [6, 6.07) is 13.1. The van der Waals surface area contributed by atoms with Gasteiger partial charge in [0.1, 0.15) is 12.4 Å². The Hall–Kier alpha value is -3.65. The zero-order valence-electron chi connectivity index (χ0n) is 15.4. The maximum absolute atomic E-state index is 12.4. The molecule has 1 amide bonds. The fourth-order valence-electron chi connectivity index (χ4n) is 2.69. The van der Waals surface area contributed by atoms with Gasteiger partial charge in [0.15, 0.2) is 0 Å². The minimum atomic E-state index is -0.739. The predicted molar refractivity (Wildman–Crippen MR) is 107 cm³/mol. The number of amides is 1. The van der Waals surface area contributed by atoms with Crippen molar-refractivity contribution >= 4 is 23.1 Å². The first kappa shape index (κ1) is 19.1. The predicted octanol–water partition coefficient (Wildman–Crippen LogP) is 1.83. The van der Waals surface area contributed by atoms with Gasteiger partial charge in [-0.3, -0.25) is 14.3 Å². The van der Waals surface area contributed by atoms with Gasteiger partial charge in [0.25, 0.3) is 11.7 Å². The standard InChI is InChI=1S/C20H21N5O3/c1-25-17(8-10-23-25)16-12-15(6-7-18(16)28-11-9-21)24-20(27)19(26)13-2-4-14(22)5-3-13/h2-8,10,12H,9,11,21-22H2,1H3,(H,24,27). The smallest absolute Gasteiger partial charge is 0.296 e. The molecule has 1 aromatic heterocycles. The zero-order chi connectivity index (χ0) is 20.1. The molecule has 0 spiro atoms. The number of benzene rings is 2. The summed E-state index contributed by atoms with van der Waals surface area (Å²) in [5, 5.41) is 6.79. The van der Waals surface area contributed by atoms with E-state index in [-0.39, 0.29) is 5.56 Å². The molecule has 2 aromatic carbocycles. The van der Waals surface area contributed by atoms with Crippen molar-refractivity contribution < 1.29 is 14.3 Å². The van der Waals surface area contributed by atoms with E-state index in [9.17, 15) is 9.59 Å². The van der Waals surface area contributed by atoms with Gasteiger partial charge in [-0.25, -0.2) is 0 Å². The number of hydrogen-bond acceptors (Lipinski definition) is 6. The van der Waals surface area contributed by atoms with E-state index in [0.717, 1.165) is 11.3 Å². The molecule has 0 bridgehead atoms. The van der Waals surface area contributed by atoms with Gasteiger partial charge in [0.05, 0.1) is 5.69 Å². The van der Waals surface area contributed by atoms with Crippen LogP contribution in [0.5, 0.6) is 5.75 Å². The Kier molecular flexibility index (Phi) is 5.71. The Balaban J connectivity index is 1.86. The second-order valence-corrected chi connectivity index (χ2v) is 6.09. The summed E-state index contributed by atoms with van der Waals surface area (Å²) in [7, 11) is 1.80. The van der Waals surface area contributed by atoms with Crippen molar-refractivity contribution in [2.45, 2.75) is 0 Å². The number of carbonyl (C=O) groups excluding carboxylic acids is 2. The maximum Gasteiger partial charge on any atom is 0.296 e. The number of carbonyl (C=O) groups is 2. The Morgan fingerprint density at radius 1 is 1.14 bits per heavy atom. The summed E-state index contributed by atoms with van der Waals surface area (Å²) in [6.45, 7) is 0.728. The minimum Gasteiger partial charge on any atom is -0.492 e. The second kappa shape index (κ2) is 8.36. The van der Waals surface area contributed by atoms with Crippen LogP contribution in [0.25, 0.3) is 11.3 Å². The lowest BCUT2D eigenvalue weighted by molar-refractivity contribution is -0.112. The molecule has 3 aromatic rings. The van der Waals surface area contributed by atoms with Crippen LogP contribution in [0.2, 0.25) is 0 Å². The number of hydrogen-bond donors (Lipinski definition) is 3. The highest BCUT2D eigenvalue weighted by atomic mass is 16.5. The highest BCUT2D eigenvalue weighted by molar-refractivity contribution is 6.46. The molecule has 0 fully saturated rings. The average Bonchev–Trinajstić information content (AvgIpc) is 3.12. The number of nitrogen functional groups attached to an aromatic ring is 1. The van der Waals surface area contributed by atoms with Crippen molar-refractivity contribution in [1.82, 2.24) is 9.78 Å². The van der Waals surface area contributed by atoms with Crippen LogP contribution in [0, 0.1) is 0 Å². The summed E-state index contributed by atoms with van der Waals surface area (Å²) >= 11 is 0. The molecule has 0 saturated carbocycles. The Bertz CT molecular complexity index is 995. The SMILES string of the molecule is Cn1nccc1-c1cc(NC(=O)C(=O)c2ccc(N)cc2)ccc1OCCN. The van der Waals surface area contributed by atoms with E-state index in [1.54, 1.807) is 48.3 Å². The topological polar surface area (TPSA) is 125 Å². The van der Waals surface area contributed by atoms with Gasteiger partial charge in [-0.05, 0) is 48.5 Å². The molecule has 0 atom stereocenters. The number of rotatable bonds is 7. The fraction of sp³-hybridized carbons (Fsp3) is 0.150. The molecule has 0 saturated heterocycles. The van der Waals surface area contributed by atoms with Crippen LogP contribution in [0.15, 0.2) is 54.7 Å². The summed E-state index contributed by atoms with van der Waals surface area (Å²) < 4.78 is 7.39. The quantitative estimate of drug-likeness (QED) is 0.327. The maximum atomic E-state index is 12.4. The van der Waals surface area contributed by atoms with Gasteiger partial charge < -0.3 is 21.5 Å². The number of nitrogens with one attached hydrogen (secondary N) is 1. The monoisotopic (exact) mass is 379 g/mol. The van der Waals surface area contributed by atoms with Crippen molar-refractivity contribution in [3.63, 3.8) is 0 Å². The molecule has 0 aliphatic heterocycles. The highest BCUT2D eigenvalue weighted by Gasteiger charge is 2.18. The zero-order valence-corrected chi connectivity index (χ0v) is 15.4. The number of ketones is 1. The lowest BCUT2D eigenvalue weighted by Crippen LogP contribution is -2.23. The fourth-order valence-corrected chi connectivity index (χ4v) is 2.69. The van der Waals surface area contributed by atoms with Crippen LogP contribution in [0.4, 0.5) is 11.4 Å². The molecule has 1 heterocycles. The molecule has 5 N–H and O–H groups in total. The highest BCUT2D eigenvalue weighted by Crippen LogP contribution is 2.32. The molecule has 0 radical (unpaired) electrons. The van der Waals surface area contributed by atoms with Crippen molar-refractivity contribution in [2.75, 3.05) is 24.2 Å². The van der Waals surface area contributed by atoms with Gasteiger partial charge >= 0.3 is 0 Å². The molecular weight excluding hydrogens is 358 g/mol. The van der Waals surface area contributed by atoms with Crippen LogP contribution in [-0.2, 0) is 11.8 Å². The van der Waals surface area contributed by atoms with Crippen molar-refractivity contribution in [2.24, 2.45) is 12.8 Å². The van der Waals surface area contributed by atoms with Crippen LogP contribution < -0.4 is 21.5 Å². The number of anilines is 2. The third kappa shape index (κ3) is 4.18. The summed E-state index contributed by atoms with van der Waals surface area (Å²) in [5.74, 6) is -0.779. The van der Waals surface area contributed by atoms with E-state index in [4.69, 9.17) is 16.2 Å². The number of ether oxygens (including phenoxy) is 1. The first-order chi connectivity index (χ1) is 13.5. The summed E-state index contributed by atoms with van der Waals surface area (Å²) in [6.07, 6.45) is 1.66. The van der Waals surface area contributed by atoms with E-state index in [1.165, 1.54) is 12.1 Å². The molecule has 28 heavy (non-hydrogen) atoms. The van der Waals surface area contributed by atoms with Crippen molar-refractivity contribution in [3.8, 4) is 17.0 Å². The van der Waals surface area contributed by atoms with Gasteiger partial charge in [-0.1, -0.05) is 0 Å². The van der Waals surface area contributed by atoms with Crippen LogP contribution in [0.1, 0.15) is 10.4 Å². The van der Waals surface area contributed by atoms with E-state index < -0.39 is 11.7 Å². The van der Waals surface area contributed by atoms with Gasteiger partial charge in [0.2, 0.25) is 0 Å². The number of nitrogens with zero attached hydrogens (tertiary/aromatic N) is 2. The number of aryl methyl sites for hydroxylation is 1. The van der Waals surface area contributed by atoms with Crippen LogP contribution in [-0.4, -0.2) is 34.6 Å². The van der Waals surface area contributed by atoms with E-state index >= 15 is 0 Å². The molecule has 0 aliphatic carbocycles. The molecular formula is C20H21N5O3. The summed E-state index contributed by atoms with van der Waals surface area (Å²) in [4.78, 5) is 24.7. The largest absolute Gasteiger partial charge is 0.492 e. The Labute approximate surface area is 162 Å². The third-order valence-corrected chi connectivity index (χ3v) is 4.09. The number of aromatic nitrogens is 2. The summed E-state index contributed by atoms with van der Waals surface area (Å²) in [5.41, 5.74) is 13.9. The molecule has 8 heteroatoms. The number of Topliss-reactive ketones (excluding diaryl/α,β-unsaturated/α-hetero) is 1. The van der Waals surface area contributed by atoms with E-state index in [2.05, 4.69) is 10.4 Å². The van der Waals surface area contributed by atoms with Gasteiger partial charge in [0, 0.05) is 42.3 Å². The molecule has 8 nitrogen and oxygen atoms in total. The first-order valence-electron chi connectivity index (χ1n) is 8.66. The van der Waals surface area contributed by atoms with Crippen molar-refractivity contribution in [3.05, 3.63) is 60.3 Å². The van der Waals surface area contributed by atoms with E-state index in [1.807, 2.05) is 6.07 Å². The first-order valence-corrected chi connectivity index (χ1v) is 8.66. The van der Waals surface area contributed by atoms with Gasteiger partial charge in [-0.15, -0.1) is 0 Å². The van der Waals surface area contributed by atoms with E-state index in [0.29, 0.717) is 30.3 Å². The minimum absolute atomic E-state index is 0.265. The Morgan fingerprint density at radius 2 is 1.89 bits per heavy atom. The molecule has 3 rings (SSSR count). The lowest BCUT2D eigenvalue weighted by atomic mass is 10.1. The average molecular weight is 379 g/mol. The molecule has 144 valence electrons. The molecule has 0 unspecified atom stereocenters.